The van der Waals surface area contributed by atoms with E-state index in [0.717, 1.165) is 71.6 Å². The van der Waals surface area contributed by atoms with Crippen molar-refractivity contribution in [1.29, 1.82) is 0 Å². The van der Waals surface area contributed by atoms with E-state index in [1.165, 1.54) is 17.8 Å². The van der Waals surface area contributed by atoms with E-state index >= 15 is 0 Å². The summed E-state index contributed by atoms with van der Waals surface area (Å²) >= 11 is 1.53. The Kier molecular flexibility index (Phi) is 2.93. The van der Waals surface area contributed by atoms with E-state index in [9.17, 15) is 9.90 Å². The summed E-state index contributed by atoms with van der Waals surface area (Å²) in [7, 11) is 0. The maximum atomic E-state index is 12.8. The van der Waals surface area contributed by atoms with E-state index in [4.69, 9.17) is 4.98 Å². The van der Waals surface area contributed by atoms with Crippen molar-refractivity contribution in [2.75, 3.05) is 0 Å². The van der Waals surface area contributed by atoms with Crippen molar-refractivity contribution in [3.8, 4) is 0 Å². The highest BCUT2D eigenvalue weighted by molar-refractivity contribution is 7.18. The molecule has 0 amide bonds. The highest BCUT2D eigenvalue weighted by Crippen LogP contribution is 2.39. The monoisotopic (exact) mass is 290 g/mol. The summed E-state index contributed by atoms with van der Waals surface area (Å²) < 4.78 is 1.88. The first-order valence-electron chi connectivity index (χ1n) is 7.49. The second kappa shape index (κ2) is 4.67. The summed E-state index contributed by atoms with van der Waals surface area (Å²) in [5.41, 5.74) is 1.19. The minimum atomic E-state index is -0.401. The van der Waals surface area contributed by atoms with Crippen LogP contribution in [0, 0.1) is 0 Å². The molecule has 5 heteroatoms. The fraction of sp³-hybridized carbons (Fsp3) is 0.600. The van der Waals surface area contributed by atoms with Crippen LogP contribution >= 0.6 is 11.3 Å². The SMILES string of the molecule is O=c1c2c3c(sc2nc2n1CCCCC2)[C@H](O)CCC3. The molecule has 2 aromatic heterocycles. The number of thiophene rings is 1. The fourth-order valence-corrected chi connectivity index (χ4v) is 4.72. The van der Waals surface area contributed by atoms with Crippen LogP contribution in [0.25, 0.3) is 10.2 Å². The Morgan fingerprint density at radius 1 is 1.20 bits per heavy atom. The molecule has 2 aliphatic rings. The Labute approximate surface area is 121 Å². The molecule has 0 spiro atoms. The Morgan fingerprint density at radius 3 is 3.00 bits per heavy atom. The van der Waals surface area contributed by atoms with E-state index < -0.39 is 6.10 Å². The van der Waals surface area contributed by atoms with Crippen molar-refractivity contribution < 1.29 is 5.11 Å². The quantitative estimate of drug-likeness (QED) is 0.811. The highest BCUT2D eigenvalue weighted by Gasteiger charge is 2.26. The van der Waals surface area contributed by atoms with Gasteiger partial charge in [-0.1, -0.05) is 6.42 Å². The lowest BCUT2D eigenvalue weighted by molar-refractivity contribution is 0.161. The van der Waals surface area contributed by atoms with Gasteiger partial charge in [-0.15, -0.1) is 11.3 Å². The molecule has 1 aliphatic heterocycles. The predicted molar refractivity (Wildman–Crippen MR) is 79.3 cm³/mol. The number of aryl methyl sites for hydroxylation is 2. The molecular weight excluding hydrogens is 272 g/mol. The number of aliphatic hydroxyl groups excluding tert-OH is 1. The average Bonchev–Trinajstić information content (AvgIpc) is 2.65. The lowest BCUT2D eigenvalue weighted by atomic mass is 9.95. The zero-order valence-corrected chi connectivity index (χ0v) is 12.2. The van der Waals surface area contributed by atoms with Gasteiger partial charge in [-0.05, 0) is 37.7 Å². The predicted octanol–water partition coefficient (Wildman–Crippen LogP) is 2.55. The summed E-state index contributed by atoms with van der Waals surface area (Å²) in [6.45, 7) is 0.796. The molecule has 1 aliphatic carbocycles. The number of fused-ring (bicyclic) bond motifs is 4. The zero-order chi connectivity index (χ0) is 13.7. The molecule has 0 unspecified atom stereocenters. The minimum Gasteiger partial charge on any atom is -0.388 e. The van der Waals surface area contributed by atoms with Crippen LogP contribution in [0.3, 0.4) is 0 Å². The van der Waals surface area contributed by atoms with Gasteiger partial charge in [0.05, 0.1) is 11.5 Å². The second-order valence-electron chi connectivity index (χ2n) is 5.83. The molecule has 106 valence electrons. The second-order valence-corrected chi connectivity index (χ2v) is 6.86. The molecule has 4 rings (SSSR count). The van der Waals surface area contributed by atoms with Crippen LogP contribution in [-0.2, 0) is 19.4 Å². The van der Waals surface area contributed by atoms with Gasteiger partial charge in [0.25, 0.3) is 5.56 Å². The molecule has 0 bridgehead atoms. The van der Waals surface area contributed by atoms with Crippen LogP contribution < -0.4 is 5.56 Å². The molecule has 20 heavy (non-hydrogen) atoms. The zero-order valence-electron chi connectivity index (χ0n) is 11.4. The van der Waals surface area contributed by atoms with E-state index in [1.54, 1.807) is 0 Å². The average molecular weight is 290 g/mol. The number of hydrogen-bond donors (Lipinski definition) is 1. The standard InChI is InChI=1S/C15H18N2O2S/c18-10-6-4-5-9-12-14(20-13(9)10)16-11-7-2-1-3-8-17(11)15(12)19/h10,18H,1-8H2/t10-/m1/s1. The van der Waals surface area contributed by atoms with Crippen LogP contribution in [0.1, 0.15) is 54.5 Å². The van der Waals surface area contributed by atoms with Crippen molar-refractivity contribution in [3.63, 3.8) is 0 Å². The van der Waals surface area contributed by atoms with Gasteiger partial charge in [0.1, 0.15) is 10.7 Å². The third-order valence-electron chi connectivity index (χ3n) is 4.51. The van der Waals surface area contributed by atoms with Crippen LogP contribution in [-0.4, -0.2) is 14.7 Å². The van der Waals surface area contributed by atoms with Crippen LogP contribution in [0.4, 0.5) is 0 Å². The van der Waals surface area contributed by atoms with Gasteiger partial charge < -0.3 is 5.11 Å². The van der Waals surface area contributed by atoms with Crippen LogP contribution in [0.2, 0.25) is 0 Å². The lowest BCUT2D eigenvalue weighted by Crippen LogP contribution is -2.24. The first kappa shape index (κ1) is 12.5. The molecule has 0 radical (unpaired) electrons. The van der Waals surface area contributed by atoms with Gasteiger partial charge in [0.15, 0.2) is 0 Å². The van der Waals surface area contributed by atoms with Crippen molar-refractivity contribution in [2.45, 2.75) is 57.6 Å². The van der Waals surface area contributed by atoms with Crippen molar-refractivity contribution >= 4 is 21.6 Å². The van der Waals surface area contributed by atoms with Crippen LogP contribution in [0.5, 0.6) is 0 Å². The fourth-order valence-electron chi connectivity index (χ4n) is 3.47. The number of hydrogen-bond acceptors (Lipinski definition) is 4. The summed E-state index contributed by atoms with van der Waals surface area (Å²) in [4.78, 5) is 19.4. The van der Waals surface area contributed by atoms with Gasteiger partial charge in [-0.25, -0.2) is 4.98 Å². The third kappa shape index (κ3) is 1.76. The van der Waals surface area contributed by atoms with E-state index in [1.807, 2.05) is 4.57 Å². The molecule has 1 N–H and O–H groups in total. The third-order valence-corrected chi connectivity index (χ3v) is 5.74. The minimum absolute atomic E-state index is 0.124. The van der Waals surface area contributed by atoms with Gasteiger partial charge in [0, 0.05) is 17.8 Å². The Bertz CT molecular complexity index is 732. The van der Waals surface area contributed by atoms with Gasteiger partial charge >= 0.3 is 0 Å². The largest absolute Gasteiger partial charge is 0.388 e. The van der Waals surface area contributed by atoms with Gasteiger partial charge in [-0.3, -0.25) is 9.36 Å². The van der Waals surface area contributed by atoms with E-state index in [-0.39, 0.29) is 5.56 Å². The molecule has 1 atom stereocenters. The summed E-state index contributed by atoms with van der Waals surface area (Å²) in [6, 6.07) is 0. The van der Waals surface area contributed by atoms with Crippen molar-refractivity contribution in [3.05, 3.63) is 26.6 Å². The first-order chi connectivity index (χ1) is 9.75. The molecule has 0 aromatic carbocycles. The van der Waals surface area contributed by atoms with Gasteiger partial charge in [0.2, 0.25) is 0 Å². The summed E-state index contributed by atoms with van der Waals surface area (Å²) in [6.07, 6.45) is 6.52. The van der Waals surface area contributed by atoms with E-state index in [0.29, 0.717) is 0 Å². The molecule has 0 saturated carbocycles. The Hall–Kier alpha value is -1.20. The molecule has 4 nitrogen and oxygen atoms in total. The normalized spacial score (nSPS) is 22.4. The van der Waals surface area contributed by atoms with E-state index in [2.05, 4.69) is 0 Å². The summed E-state index contributed by atoms with van der Waals surface area (Å²) in [5.74, 6) is 0.938. The van der Waals surface area contributed by atoms with Crippen LogP contribution in [0.15, 0.2) is 4.79 Å². The Morgan fingerprint density at radius 2 is 2.10 bits per heavy atom. The number of rotatable bonds is 0. The van der Waals surface area contributed by atoms with Gasteiger partial charge in [-0.2, -0.15) is 0 Å². The number of nitrogens with zero attached hydrogens (tertiary/aromatic N) is 2. The maximum Gasteiger partial charge on any atom is 0.262 e. The number of aliphatic hydroxyl groups is 1. The molecular formula is C15H18N2O2S. The first-order valence-corrected chi connectivity index (χ1v) is 8.30. The highest BCUT2D eigenvalue weighted by atomic mass is 32.1. The van der Waals surface area contributed by atoms with Crippen molar-refractivity contribution in [2.24, 2.45) is 0 Å². The molecule has 2 aromatic rings. The molecule has 3 heterocycles. The maximum absolute atomic E-state index is 12.8. The molecule has 0 saturated heterocycles. The molecule has 0 fully saturated rings. The number of aromatic nitrogens is 2. The topological polar surface area (TPSA) is 55.1 Å². The lowest BCUT2D eigenvalue weighted by Gasteiger charge is -2.16. The smallest absolute Gasteiger partial charge is 0.262 e. The van der Waals surface area contributed by atoms with Crippen molar-refractivity contribution in [1.82, 2.24) is 9.55 Å². The Balaban J connectivity index is 2.02. The summed E-state index contributed by atoms with van der Waals surface area (Å²) in [5, 5.41) is 10.9.